The van der Waals surface area contributed by atoms with E-state index >= 15 is 0 Å². The van der Waals surface area contributed by atoms with Crippen LogP contribution in [0.1, 0.15) is 57.8 Å². The molecule has 0 aromatic heterocycles. The fraction of sp³-hybridized carbons (Fsp3) is 1.00. The largest absolute Gasteiger partial charge is 0.0530 e. The summed E-state index contributed by atoms with van der Waals surface area (Å²) in [5.74, 6) is 2.33. The summed E-state index contributed by atoms with van der Waals surface area (Å²) >= 11 is 0. The Morgan fingerprint density at radius 3 is 2.17 bits per heavy atom. The first-order chi connectivity index (χ1) is 5.92. The van der Waals surface area contributed by atoms with E-state index in [0.29, 0.717) is 0 Å². The standard InChI is InChI=1S/C12H20/c1-2-8-12-9-3-5-11(12)7-6-10(12)4-1/h10-11H,1-9H2. The molecule has 3 aliphatic rings. The third-order valence-electron chi connectivity index (χ3n) is 5.13. The monoisotopic (exact) mass is 164 g/mol. The van der Waals surface area contributed by atoms with E-state index in [9.17, 15) is 0 Å². The van der Waals surface area contributed by atoms with Crippen LogP contribution in [0.3, 0.4) is 0 Å². The maximum Gasteiger partial charge on any atom is -0.0241 e. The summed E-state index contributed by atoms with van der Waals surface area (Å²) in [6, 6.07) is 0. The first-order valence-corrected chi connectivity index (χ1v) is 5.92. The van der Waals surface area contributed by atoms with Crippen molar-refractivity contribution in [1.82, 2.24) is 0 Å². The molecule has 12 heavy (non-hydrogen) atoms. The van der Waals surface area contributed by atoms with Crippen LogP contribution in [0.5, 0.6) is 0 Å². The van der Waals surface area contributed by atoms with E-state index in [1.165, 1.54) is 11.8 Å². The van der Waals surface area contributed by atoms with Crippen molar-refractivity contribution in [3.8, 4) is 0 Å². The summed E-state index contributed by atoms with van der Waals surface area (Å²) in [4.78, 5) is 0. The minimum Gasteiger partial charge on any atom is -0.0530 e. The van der Waals surface area contributed by atoms with Crippen LogP contribution >= 0.6 is 0 Å². The number of hydrogen-bond donors (Lipinski definition) is 0. The molecule has 0 N–H and O–H groups in total. The predicted octanol–water partition coefficient (Wildman–Crippen LogP) is 3.76. The van der Waals surface area contributed by atoms with Gasteiger partial charge in [-0.2, -0.15) is 0 Å². The summed E-state index contributed by atoms with van der Waals surface area (Å²) in [5.41, 5.74) is 0.901. The quantitative estimate of drug-likeness (QED) is 0.511. The fourth-order valence-corrected chi connectivity index (χ4v) is 4.64. The molecule has 3 rings (SSSR count). The highest BCUT2D eigenvalue weighted by molar-refractivity contribution is 5.02. The molecule has 1 spiro atoms. The maximum absolute atomic E-state index is 1.60. The Bertz CT molecular complexity index is 182. The van der Waals surface area contributed by atoms with Crippen molar-refractivity contribution in [2.45, 2.75) is 57.8 Å². The SMILES string of the molecule is C1CCC23CCCC2CCC3C1. The van der Waals surface area contributed by atoms with Crippen LogP contribution in [0.2, 0.25) is 0 Å². The van der Waals surface area contributed by atoms with Crippen molar-refractivity contribution >= 4 is 0 Å². The van der Waals surface area contributed by atoms with Crippen molar-refractivity contribution in [2.24, 2.45) is 17.3 Å². The topological polar surface area (TPSA) is 0 Å². The zero-order valence-corrected chi connectivity index (χ0v) is 8.02. The van der Waals surface area contributed by atoms with Gasteiger partial charge in [0.05, 0.1) is 0 Å². The predicted molar refractivity (Wildman–Crippen MR) is 51.0 cm³/mol. The fourth-order valence-electron chi connectivity index (χ4n) is 4.64. The maximum atomic E-state index is 1.60. The molecule has 0 saturated heterocycles. The molecule has 3 aliphatic carbocycles. The van der Waals surface area contributed by atoms with Gasteiger partial charge in [0, 0.05) is 0 Å². The first-order valence-electron chi connectivity index (χ1n) is 5.92. The Morgan fingerprint density at radius 2 is 1.33 bits per heavy atom. The van der Waals surface area contributed by atoms with E-state index < -0.39 is 0 Å². The molecule has 0 aliphatic heterocycles. The molecule has 0 bridgehead atoms. The second kappa shape index (κ2) is 2.49. The molecule has 0 nitrogen and oxygen atoms in total. The summed E-state index contributed by atoms with van der Waals surface area (Å²) in [6.45, 7) is 0. The second-order valence-corrected chi connectivity index (χ2v) is 5.34. The van der Waals surface area contributed by atoms with Crippen LogP contribution in [-0.4, -0.2) is 0 Å². The molecular formula is C12H20. The van der Waals surface area contributed by atoms with Crippen LogP contribution in [-0.2, 0) is 0 Å². The van der Waals surface area contributed by atoms with E-state index in [0.717, 1.165) is 5.41 Å². The highest BCUT2D eigenvalue weighted by Crippen LogP contribution is 2.63. The van der Waals surface area contributed by atoms with Gasteiger partial charge < -0.3 is 0 Å². The molecule has 68 valence electrons. The summed E-state index contributed by atoms with van der Waals surface area (Å²) < 4.78 is 0. The molecule has 0 heteroatoms. The summed E-state index contributed by atoms with van der Waals surface area (Å²) in [6.07, 6.45) is 14.2. The van der Waals surface area contributed by atoms with Gasteiger partial charge in [-0.15, -0.1) is 0 Å². The van der Waals surface area contributed by atoms with E-state index in [1.54, 1.807) is 57.8 Å². The number of hydrogen-bond acceptors (Lipinski definition) is 0. The van der Waals surface area contributed by atoms with E-state index in [2.05, 4.69) is 0 Å². The van der Waals surface area contributed by atoms with Gasteiger partial charge in [0.1, 0.15) is 0 Å². The number of rotatable bonds is 0. The minimum atomic E-state index is 0.901. The van der Waals surface area contributed by atoms with Crippen molar-refractivity contribution in [3.05, 3.63) is 0 Å². The van der Waals surface area contributed by atoms with Crippen LogP contribution in [0.25, 0.3) is 0 Å². The van der Waals surface area contributed by atoms with Crippen LogP contribution < -0.4 is 0 Å². The Labute approximate surface area is 75.7 Å². The van der Waals surface area contributed by atoms with Crippen LogP contribution in [0.15, 0.2) is 0 Å². The lowest BCUT2D eigenvalue weighted by molar-refractivity contribution is 0.102. The molecule has 0 aromatic carbocycles. The molecule has 0 radical (unpaired) electrons. The van der Waals surface area contributed by atoms with Gasteiger partial charge in [-0.25, -0.2) is 0 Å². The van der Waals surface area contributed by atoms with E-state index in [1.807, 2.05) is 0 Å². The van der Waals surface area contributed by atoms with Gasteiger partial charge in [0.25, 0.3) is 0 Å². The van der Waals surface area contributed by atoms with Crippen LogP contribution in [0.4, 0.5) is 0 Å². The third kappa shape index (κ3) is 0.791. The molecule has 3 fully saturated rings. The van der Waals surface area contributed by atoms with Crippen molar-refractivity contribution in [2.75, 3.05) is 0 Å². The second-order valence-electron chi connectivity index (χ2n) is 5.34. The molecule has 3 saturated carbocycles. The summed E-state index contributed by atoms with van der Waals surface area (Å²) in [7, 11) is 0. The zero-order chi connectivity index (χ0) is 8.02. The summed E-state index contributed by atoms with van der Waals surface area (Å²) in [5, 5.41) is 0. The van der Waals surface area contributed by atoms with Gasteiger partial charge >= 0.3 is 0 Å². The first kappa shape index (κ1) is 7.41. The average molecular weight is 164 g/mol. The lowest BCUT2D eigenvalue weighted by Crippen LogP contribution is -2.30. The van der Waals surface area contributed by atoms with Gasteiger partial charge in [0.15, 0.2) is 0 Å². The zero-order valence-electron chi connectivity index (χ0n) is 8.02. The van der Waals surface area contributed by atoms with Crippen molar-refractivity contribution in [3.63, 3.8) is 0 Å². The molecular weight excluding hydrogens is 144 g/mol. The van der Waals surface area contributed by atoms with Gasteiger partial charge in [-0.05, 0) is 55.8 Å². The Hall–Kier alpha value is 0. The normalized spacial score (nSPS) is 52.0. The van der Waals surface area contributed by atoms with E-state index in [4.69, 9.17) is 0 Å². The molecule has 0 amide bonds. The Kier molecular flexibility index (Phi) is 1.54. The third-order valence-corrected chi connectivity index (χ3v) is 5.13. The van der Waals surface area contributed by atoms with E-state index in [-0.39, 0.29) is 0 Å². The van der Waals surface area contributed by atoms with Gasteiger partial charge in [-0.3, -0.25) is 0 Å². The van der Waals surface area contributed by atoms with Crippen LogP contribution in [0, 0.1) is 17.3 Å². The smallest absolute Gasteiger partial charge is 0.0241 e. The molecule has 0 aromatic rings. The van der Waals surface area contributed by atoms with Crippen molar-refractivity contribution in [1.29, 1.82) is 0 Å². The molecule has 3 unspecified atom stereocenters. The Balaban J connectivity index is 1.92. The Morgan fingerprint density at radius 1 is 0.667 bits per heavy atom. The van der Waals surface area contributed by atoms with Gasteiger partial charge in [0.2, 0.25) is 0 Å². The lowest BCUT2D eigenvalue weighted by Gasteiger charge is -2.40. The molecule has 3 atom stereocenters. The van der Waals surface area contributed by atoms with Crippen molar-refractivity contribution < 1.29 is 0 Å². The lowest BCUT2D eigenvalue weighted by atomic mass is 9.65. The average Bonchev–Trinajstić information content (AvgIpc) is 2.59. The highest BCUT2D eigenvalue weighted by Gasteiger charge is 2.52. The van der Waals surface area contributed by atoms with Gasteiger partial charge in [-0.1, -0.05) is 19.3 Å². The highest BCUT2D eigenvalue weighted by atomic mass is 14.6. The molecule has 0 heterocycles. The minimum absolute atomic E-state index is 0.901.